The van der Waals surface area contributed by atoms with Crippen LogP contribution in [0.4, 0.5) is 0 Å². The minimum Gasteiger partial charge on any atom is -0.480 e. The summed E-state index contributed by atoms with van der Waals surface area (Å²) in [5.41, 5.74) is 5.32. The third-order valence-corrected chi connectivity index (χ3v) is 9.54. The Morgan fingerprint density at radius 1 is 0.607 bits per heavy atom. The largest absolute Gasteiger partial charge is 0.480 e. The Bertz CT molecular complexity index is 1210. The van der Waals surface area contributed by atoms with Gasteiger partial charge in [-0.15, -0.1) is 6.58 Å². The van der Waals surface area contributed by atoms with Crippen molar-refractivity contribution in [2.45, 2.75) is 167 Å². The Morgan fingerprint density at radius 2 is 1.05 bits per heavy atom. The highest BCUT2D eigenvalue weighted by molar-refractivity contribution is 7.47. The van der Waals surface area contributed by atoms with Gasteiger partial charge in [0.2, 0.25) is 0 Å². The number of hydrogen-bond acceptors (Lipinski definition) is 9. The molecule has 0 fully saturated rings. The highest BCUT2D eigenvalue weighted by Gasteiger charge is 2.28. The average Bonchev–Trinajstić information content (AvgIpc) is 3.17. The molecule has 0 aromatic carbocycles. The minimum atomic E-state index is -4.73. The zero-order valence-corrected chi connectivity index (χ0v) is 35.2. The first-order valence-corrected chi connectivity index (χ1v) is 22.4. The van der Waals surface area contributed by atoms with Gasteiger partial charge in [-0.2, -0.15) is 0 Å². The number of aliphatic carboxylic acids is 1. The maximum absolute atomic E-state index is 12.6. The third kappa shape index (κ3) is 37.8. The summed E-state index contributed by atoms with van der Waals surface area (Å²) < 4.78 is 32.6. The summed E-state index contributed by atoms with van der Waals surface area (Å²) >= 11 is 0. The van der Waals surface area contributed by atoms with Crippen molar-refractivity contribution in [1.29, 1.82) is 0 Å². The summed E-state index contributed by atoms with van der Waals surface area (Å²) in [5.74, 6) is -2.46. The second-order valence-electron chi connectivity index (χ2n) is 13.8. The van der Waals surface area contributed by atoms with Gasteiger partial charge in [-0.25, -0.2) is 4.57 Å². The van der Waals surface area contributed by atoms with Crippen LogP contribution in [0.2, 0.25) is 0 Å². The molecule has 11 nitrogen and oxygen atoms in total. The Balaban J connectivity index is 4.47. The van der Waals surface area contributed by atoms with Crippen LogP contribution < -0.4 is 5.73 Å². The number of nitrogens with two attached hydrogens (primary N) is 1. The summed E-state index contributed by atoms with van der Waals surface area (Å²) in [6.07, 6.45) is 44.4. The molecule has 0 saturated carbocycles. The van der Waals surface area contributed by atoms with Crippen molar-refractivity contribution in [2.24, 2.45) is 5.73 Å². The molecular weight excluding hydrogens is 733 g/mol. The summed E-state index contributed by atoms with van der Waals surface area (Å²) in [4.78, 5) is 45.9. The van der Waals surface area contributed by atoms with E-state index in [0.29, 0.717) is 19.3 Å². The number of hydrogen-bond donors (Lipinski definition) is 3. The van der Waals surface area contributed by atoms with Crippen LogP contribution in [0, 0.1) is 0 Å². The number of esters is 2. The smallest absolute Gasteiger partial charge is 0.472 e. The number of phosphoric ester groups is 1. The van der Waals surface area contributed by atoms with Gasteiger partial charge in [0.25, 0.3) is 0 Å². The number of phosphoric acid groups is 1. The van der Waals surface area contributed by atoms with E-state index in [-0.39, 0.29) is 19.4 Å². The van der Waals surface area contributed by atoms with Gasteiger partial charge >= 0.3 is 25.7 Å². The van der Waals surface area contributed by atoms with E-state index < -0.39 is 51.1 Å². The monoisotopic (exact) mass is 808 g/mol. The van der Waals surface area contributed by atoms with Crippen molar-refractivity contribution in [3.8, 4) is 0 Å². The molecule has 0 rings (SSSR count). The van der Waals surface area contributed by atoms with Crippen molar-refractivity contribution in [2.75, 3.05) is 19.8 Å². The van der Waals surface area contributed by atoms with Crippen molar-refractivity contribution < 1.29 is 47.5 Å². The van der Waals surface area contributed by atoms with E-state index in [2.05, 4.69) is 66.6 Å². The highest BCUT2D eigenvalue weighted by atomic mass is 31.2. The van der Waals surface area contributed by atoms with Crippen LogP contribution >= 0.6 is 7.82 Å². The van der Waals surface area contributed by atoms with Gasteiger partial charge < -0.3 is 25.2 Å². The first-order chi connectivity index (χ1) is 27.1. The van der Waals surface area contributed by atoms with Crippen LogP contribution in [-0.4, -0.2) is 59.9 Å². The Morgan fingerprint density at radius 3 is 1.55 bits per heavy atom. The first-order valence-electron chi connectivity index (χ1n) is 20.9. The molecule has 0 aromatic rings. The lowest BCUT2D eigenvalue weighted by Crippen LogP contribution is -2.34. The van der Waals surface area contributed by atoms with Crippen molar-refractivity contribution in [3.05, 3.63) is 73.4 Å². The van der Waals surface area contributed by atoms with Gasteiger partial charge in [0.15, 0.2) is 6.10 Å². The highest BCUT2D eigenvalue weighted by Crippen LogP contribution is 2.43. The predicted molar refractivity (Wildman–Crippen MR) is 226 cm³/mol. The molecule has 56 heavy (non-hydrogen) atoms. The lowest BCUT2D eigenvalue weighted by atomic mass is 10.0. The zero-order chi connectivity index (χ0) is 41.4. The number of carboxylic acids is 1. The number of ether oxygens (including phenoxy) is 2. The molecule has 0 amide bonds. The molecule has 0 aliphatic carbocycles. The SMILES string of the molecule is C=CCCCCCCCCCCCCCCCC(=O)O[C@H](COC(=O)CCC/C=C/C/C=C/C/C=C/C/C=C/C/C=C/CC)COP(=O)(O)OC[C@H](N)C(=O)O. The molecule has 320 valence electrons. The molecule has 0 heterocycles. The van der Waals surface area contributed by atoms with Crippen LogP contribution in [-0.2, 0) is 37.5 Å². The Hall–Kier alpha value is -3.08. The number of allylic oxidation sites excluding steroid dienone is 11. The van der Waals surface area contributed by atoms with Gasteiger partial charge in [0.05, 0.1) is 13.2 Å². The van der Waals surface area contributed by atoms with Crippen LogP contribution in [0.3, 0.4) is 0 Å². The lowest BCUT2D eigenvalue weighted by Gasteiger charge is -2.20. The van der Waals surface area contributed by atoms with Crippen molar-refractivity contribution in [3.63, 3.8) is 0 Å². The first kappa shape index (κ1) is 52.9. The van der Waals surface area contributed by atoms with Crippen LogP contribution in [0.5, 0.6) is 0 Å². The predicted octanol–water partition coefficient (Wildman–Crippen LogP) is 10.9. The standard InChI is InChI=1S/C44H74NO10P/c1-3-5-7-9-11-13-15-17-19-20-22-23-25-27-29-31-33-35-42(46)52-37-40(38-53-56(50,51)54-39-41(45)44(48)49)55-43(47)36-34-32-30-28-26-24-21-18-16-14-12-10-8-6-4-2/h4-5,7,11,13,17,19,22-23,27,29,40-41H,2-3,6,8-10,12,14-16,18,20-21,24-26,28,30-39,45H2,1H3,(H,48,49)(H,50,51)/b7-5+,13-11+,19-17+,23-22+,29-27+/t40-,41+/m1/s1. The molecule has 0 saturated heterocycles. The normalized spacial score (nSPS) is 14.3. The van der Waals surface area contributed by atoms with E-state index in [9.17, 15) is 23.8 Å². The van der Waals surface area contributed by atoms with E-state index in [1.807, 2.05) is 18.2 Å². The second-order valence-corrected chi connectivity index (χ2v) is 15.3. The number of carbonyl (C=O) groups is 3. The van der Waals surface area contributed by atoms with E-state index in [1.54, 1.807) is 0 Å². The van der Waals surface area contributed by atoms with Gasteiger partial charge in [0, 0.05) is 12.8 Å². The van der Waals surface area contributed by atoms with Crippen LogP contribution in [0.25, 0.3) is 0 Å². The maximum Gasteiger partial charge on any atom is 0.472 e. The fourth-order valence-electron chi connectivity index (χ4n) is 5.31. The van der Waals surface area contributed by atoms with Gasteiger partial charge in [-0.1, -0.05) is 144 Å². The molecule has 0 spiro atoms. The number of carboxylic acid groups (broad SMARTS) is 1. The van der Waals surface area contributed by atoms with E-state index in [4.69, 9.17) is 24.8 Å². The molecule has 0 radical (unpaired) electrons. The molecule has 12 heteroatoms. The summed E-state index contributed by atoms with van der Waals surface area (Å²) in [7, 11) is -4.73. The molecule has 1 unspecified atom stereocenters. The van der Waals surface area contributed by atoms with Crippen LogP contribution in [0.1, 0.15) is 155 Å². The van der Waals surface area contributed by atoms with Gasteiger partial charge in [-0.3, -0.25) is 23.4 Å². The summed E-state index contributed by atoms with van der Waals surface area (Å²) in [5, 5.41) is 8.88. The molecule has 0 aromatic heterocycles. The summed E-state index contributed by atoms with van der Waals surface area (Å²) in [6, 6.07) is -1.53. The van der Waals surface area contributed by atoms with E-state index >= 15 is 0 Å². The Labute approximate surface area is 338 Å². The minimum absolute atomic E-state index is 0.140. The zero-order valence-electron chi connectivity index (χ0n) is 34.3. The number of carbonyl (C=O) groups excluding carboxylic acids is 2. The van der Waals surface area contributed by atoms with Crippen molar-refractivity contribution >= 4 is 25.7 Å². The fourth-order valence-corrected chi connectivity index (χ4v) is 6.09. The second kappa shape index (κ2) is 38.8. The fraction of sp³-hybridized carbons (Fsp3) is 0.659. The van der Waals surface area contributed by atoms with E-state index in [1.165, 1.54) is 57.8 Å². The van der Waals surface area contributed by atoms with Gasteiger partial charge in [-0.05, 0) is 64.2 Å². The molecule has 4 N–H and O–H groups in total. The number of unbranched alkanes of at least 4 members (excludes halogenated alkanes) is 14. The topological polar surface area (TPSA) is 172 Å². The molecule has 0 aliphatic heterocycles. The third-order valence-electron chi connectivity index (χ3n) is 8.58. The number of rotatable bonds is 39. The Kier molecular flexibility index (Phi) is 36.6. The molecular formula is C44H74NO10P. The van der Waals surface area contributed by atoms with E-state index in [0.717, 1.165) is 57.8 Å². The van der Waals surface area contributed by atoms with Gasteiger partial charge in [0.1, 0.15) is 12.6 Å². The van der Waals surface area contributed by atoms with Crippen molar-refractivity contribution in [1.82, 2.24) is 0 Å². The lowest BCUT2D eigenvalue weighted by molar-refractivity contribution is -0.161. The molecule has 3 atom stereocenters. The maximum atomic E-state index is 12.6. The quantitative estimate of drug-likeness (QED) is 0.0233. The van der Waals surface area contributed by atoms with Crippen LogP contribution in [0.15, 0.2) is 73.4 Å². The average molecular weight is 808 g/mol. The molecule has 0 bridgehead atoms. The summed E-state index contributed by atoms with van der Waals surface area (Å²) in [6.45, 7) is 4.14. The molecule has 0 aliphatic rings.